The summed E-state index contributed by atoms with van der Waals surface area (Å²) < 4.78 is 5.51. The smallest absolute Gasteiger partial charge is 0.130 e. The highest BCUT2D eigenvalue weighted by Gasteiger charge is 2.13. The third-order valence-corrected chi connectivity index (χ3v) is 2.63. The van der Waals surface area contributed by atoms with Gasteiger partial charge in [-0.3, -0.25) is 4.99 Å². The lowest BCUT2D eigenvalue weighted by Gasteiger charge is -2.16. The van der Waals surface area contributed by atoms with Crippen LogP contribution in [0.15, 0.2) is 29.4 Å². The molecule has 92 valence electrons. The fraction of sp³-hybridized carbons (Fsp3) is 0.357. The lowest BCUT2D eigenvalue weighted by atomic mass is 9.96. The molecule has 1 aromatic rings. The highest BCUT2D eigenvalue weighted by molar-refractivity contribution is 6.10. The van der Waals surface area contributed by atoms with E-state index in [1.807, 2.05) is 12.1 Å². The Morgan fingerprint density at radius 3 is 2.59 bits per heavy atom. The molecule has 17 heavy (non-hydrogen) atoms. The van der Waals surface area contributed by atoms with Crippen LogP contribution in [0.1, 0.15) is 30.9 Å². The van der Waals surface area contributed by atoms with Crippen molar-refractivity contribution >= 4 is 11.8 Å². The maximum atomic E-state index is 5.63. The first kappa shape index (κ1) is 13.3. The summed E-state index contributed by atoms with van der Waals surface area (Å²) in [7, 11) is 3.41. The molecule has 3 nitrogen and oxygen atoms in total. The molecule has 1 rings (SSSR count). The van der Waals surface area contributed by atoms with Gasteiger partial charge in [0.25, 0.3) is 0 Å². The number of aliphatic imine (C=N–C) groups is 1. The van der Waals surface area contributed by atoms with Crippen molar-refractivity contribution in [1.82, 2.24) is 0 Å². The van der Waals surface area contributed by atoms with Crippen LogP contribution < -0.4 is 10.5 Å². The number of para-hydroxylation sites is 1. The highest BCUT2D eigenvalue weighted by atomic mass is 16.5. The predicted octanol–water partition coefficient (Wildman–Crippen LogP) is 2.82. The largest absolute Gasteiger partial charge is 0.496 e. The lowest BCUT2D eigenvalue weighted by molar-refractivity contribution is 0.406. The molecule has 3 heteroatoms. The van der Waals surface area contributed by atoms with E-state index in [1.165, 1.54) is 5.56 Å². The van der Waals surface area contributed by atoms with Gasteiger partial charge in [-0.15, -0.1) is 0 Å². The molecule has 0 aromatic heterocycles. The molecule has 0 amide bonds. The fourth-order valence-corrected chi connectivity index (χ4v) is 1.81. The van der Waals surface area contributed by atoms with Crippen LogP contribution in [0.5, 0.6) is 5.75 Å². The van der Waals surface area contributed by atoms with E-state index >= 15 is 0 Å². The van der Waals surface area contributed by atoms with Gasteiger partial charge in [0.05, 0.1) is 7.11 Å². The third kappa shape index (κ3) is 2.87. The number of nitrogens with two attached hydrogens (primary N) is 1. The van der Waals surface area contributed by atoms with Crippen LogP contribution in [0.3, 0.4) is 0 Å². The first-order valence-electron chi connectivity index (χ1n) is 5.67. The number of nitrogens with zero attached hydrogens (tertiary/aromatic N) is 1. The Bertz CT molecular complexity index is 434. The van der Waals surface area contributed by atoms with E-state index in [1.54, 1.807) is 26.6 Å². The molecule has 0 fully saturated rings. The molecule has 0 aliphatic carbocycles. The molecule has 0 unspecified atom stereocenters. The van der Waals surface area contributed by atoms with Gasteiger partial charge >= 0.3 is 0 Å². The molecule has 0 atom stereocenters. The number of benzene rings is 1. The monoisotopic (exact) mass is 232 g/mol. The number of methoxy groups -OCH3 is 1. The van der Waals surface area contributed by atoms with Crippen molar-refractivity contribution in [3.63, 3.8) is 0 Å². The van der Waals surface area contributed by atoms with E-state index in [9.17, 15) is 0 Å². The van der Waals surface area contributed by atoms with Gasteiger partial charge in [0.15, 0.2) is 0 Å². The maximum absolute atomic E-state index is 5.63. The molecule has 0 aliphatic heterocycles. The molecule has 2 N–H and O–H groups in total. The van der Waals surface area contributed by atoms with Gasteiger partial charge in [-0.05, 0) is 11.5 Å². The zero-order valence-corrected chi connectivity index (χ0v) is 10.9. The summed E-state index contributed by atoms with van der Waals surface area (Å²) in [6.07, 6.45) is 3.29. The van der Waals surface area contributed by atoms with E-state index < -0.39 is 0 Å². The number of ether oxygens (including phenoxy) is 1. The molecule has 0 aliphatic rings. The second-order valence-electron chi connectivity index (χ2n) is 4.09. The van der Waals surface area contributed by atoms with Crippen molar-refractivity contribution in [2.24, 2.45) is 10.7 Å². The number of allylic oxidation sites excluding steroid dienone is 1. The first-order chi connectivity index (χ1) is 8.15. The summed E-state index contributed by atoms with van der Waals surface area (Å²) in [6, 6.07) is 6.08. The predicted molar refractivity (Wildman–Crippen MR) is 73.7 cm³/mol. The van der Waals surface area contributed by atoms with Crippen LogP contribution in [0.2, 0.25) is 0 Å². The molecule has 1 aromatic carbocycles. The molecular weight excluding hydrogens is 212 g/mol. The Morgan fingerprint density at radius 1 is 1.41 bits per heavy atom. The SMILES string of the molecule is CN=CC(=CN)c1cccc(C(C)C)c1OC. The second-order valence-corrected chi connectivity index (χ2v) is 4.09. The van der Waals surface area contributed by atoms with Crippen molar-refractivity contribution in [3.8, 4) is 5.75 Å². The normalized spacial score (nSPS) is 12.4. The topological polar surface area (TPSA) is 47.6 Å². The van der Waals surface area contributed by atoms with Crippen molar-refractivity contribution in [2.75, 3.05) is 14.2 Å². The number of hydrogen-bond donors (Lipinski definition) is 1. The number of hydrogen-bond acceptors (Lipinski definition) is 3. The van der Waals surface area contributed by atoms with Gasteiger partial charge in [0.1, 0.15) is 5.75 Å². The minimum absolute atomic E-state index is 0.405. The Hall–Kier alpha value is -1.77. The van der Waals surface area contributed by atoms with Gasteiger partial charge < -0.3 is 10.5 Å². The van der Waals surface area contributed by atoms with Gasteiger partial charge in [-0.2, -0.15) is 0 Å². The maximum Gasteiger partial charge on any atom is 0.130 e. The van der Waals surface area contributed by atoms with Gasteiger partial charge in [-0.25, -0.2) is 0 Å². The second kappa shape index (κ2) is 6.09. The summed E-state index contributed by atoms with van der Waals surface area (Å²) in [5.41, 5.74) is 8.65. The zero-order valence-electron chi connectivity index (χ0n) is 10.9. The van der Waals surface area contributed by atoms with Crippen LogP contribution >= 0.6 is 0 Å². The molecular formula is C14H20N2O. The van der Waals surface area contributed by atoms with E-state index in [2.05, 4.69) is 24.9 Å². The summed E-state index contributed by atoms with van der Waals surface area (Å²) >= 11 is 0. The van der Waals surface area contributed by atoms with Gasteiger partial charge in [0.2, 0.25) is 0 Å². The van der Waals surface area contributed by atoms with E-state index in [0.29, 0.717) is 5.92 Å². The van der Waals surface area contributed by atoms with Crippen molar-refractivity contribution in [3.05, 3.63) is 35.5 Å². The van der Waals surface area contributed by atoms with E-state index in [4.69, 9.17) is 10.5 Å². The Morgan fingerprint density at radius 2 is 2.12 bits per heavy atom. The van der Waals surface area contributed by atoms with E-state index in [0.717, 1.165) is 16.9 Å². The van der Waals surface area contributed by atoms with Crippen molar-refractivity contribution in [1.29, 1.82) is 0 Å². The minimum atomic E-state index is 0.405. The molecule has 0 heterocycles. The van der Waals surface area contributed by atoms with Crippen LogP contribution in [-0.4, -0.2) is 20.4 Å². The number of rotatable bonds is 4. The Kier molecular flexibility index (Phi) is 4.76. The van der Waals surface area contributed by atoms with Crippen LogP contribution in [0.25, 0.3) is 5.57 Å². The third-order valence-electron chi connectivity index (χ3n) is 2.63. The van der Waals surface area contributed by atoms with Gasteiger partial charge in [0, 0.05) is 30.6 Å². The zero-order chi connectivity index (χ0) is 12.8. The summed E-state index contributed by atoms with van der Waals surface area (Å²) in [5, 5.41) is 0. The fourth-order valence-electron chi connectivity index (χ4n) is 1.81. The average Bonchev–Trinajstić information content (AvgIpc) is 2.34. The van der Waals surface area contributed by atoms with Crippen molar-refractivity contribution < 1.29 is 4.74 Å². The molecule has 0 radical (unpaired) electrons. The molecule has 0 saturated carbocycles. The summed E-state index contributed by atoms with van der Waals surface area (Å²) in [5.74, 6) is 1.28. The molecule has 0 spiro atoms. The molecule has 0 saturated heterocycles. The minimum Gasteiger partial charge on any atom is -0.496 e. The van der Waals surface area contributed by atoms with Gasteiger partial charge in [-0.1, -0.05) is 32.0 Å². The molecule has 0 bridgehead atoms. The summed E-state index contributed by atoms with van der Waals surface area (Å²) in [4.78, 5) is 4.00. The lowest BCUT2D eigenvalue weighted by Crippen LogP contribution is -2.00. The van der Waals surface area contributed by atoms with Crippen molar-refractivity contribution in [2.45, 2.75) is 19.8 Å². The van der Waals surface area contributed by atoms with Crippen LogP contribution in [0.4, 0.5) is 0 Å². The Balaban J connectivity index is 3.38. The Labute approximate surface area is 103 Å². The first-order valence-corrected chi connectivity index (χ1v) is 5.67. The quantitative estimate of drug-likeness (QED) is 0.811. The highest BCUT2D eigenvalue weighted by Crippen LogP contribution is 2.33. The average molecular weight is 232 g/mol. The summed E-state index contributed by atoms with van der Waals surface area (Å²) in [6.45, 7) is 4.28. The van der Waals surface area contributed by atoms with E-state index in [-0.39, 0.29) is 0 Å². The standard InChI is InChI=1S/C14H20N2O/c1-10(2)12-6-5-7-13(14(12)17-4)11(8-15)9-16-3/h5-10H,15H2,1-4H3. The van der Waals surface area contributed by atoms with Crippen LogP contribution in [0, 0.1) is 0 Å². The van der Waals surface area contributed by atoms with Crippen LogP contribution in [-0.2, 0) is 0 Å².